The Balaban J connectivity index is 3.82. The zero-order valence-corrected chi connectivity index (χ0v) is 11.5. The van der Waals surface area contributed by atoms with E-state index in [0.717, 1.165) is 6.42 Å². The molecule has 0 rings (SSSR count). The van der Waals surface area contributed by atoms with Crippen LogP contribution in [0.5, 0.6) is 0 Å². The van der Waals surface area contributed by atoms with Gasteiger partial charge in [-0.1, -0.05) is 6.58 Å². The van der Waals surface area contributed by atoms with Gasteiger partial charge in [0.05, 0.1) is 0 Å². The lowest BCUT2D eigenvalue weighted by Crippen LogP contribution is -2.28. The van der Waals surface area contributed by atoms with Crippen molar-refractivity contribution in [3.63, 3.8) is 0 Å². The summed E-state index contributed by atoms with van der Waals surface area (Å²) in [6, 6.07) is 0. The van der Waals surface area contributed by atoms with Gasteiger partial charge in [-0.15, -0.1) is 9.42 Å². The fraction of sp³-hybridized carbons (Fsp3) is 0.727. The number of carbonyl (C=O) groups excluding carboxylic acids is 1. The largest absolute Gasteiger partial charge is 0.694 e. The number of ether oxygens (including phenoxy) is 1. The third-order valence-corrected chi connectivity index (χ3v) is 2.50. The van der Waals surface area contributed by atoms with E-state index in [1.54, 1.807) is 6.92 Å². The highest BCUT2D eigenvalue weighted by Gasteiger charge is 2.22. The smallest absolute Gasteiger partial charge is 0.456 e. The first-order chi connectivity index (χ1) is 7.74. The third-order valence-electron chi connectivity index (χ3n) is 2.09. The summed E-state index contributed by atoms with van der Waals surface area (Å²) in [4.78, 5) is 19.7. The van der Waals surface area contributed by atoms with Crippen LogP contribution < -0.4 is 0 Å². The van der Waals surface area contributed by atoms with Gasteiger partial charge in [0.1, 0.15) is 12.2 Å². The van der Waals surface area contributed by atoms with Crippen LogP contribution in [0.2, 0.25) is 0 Å². The molecule has 6 heteroatoms. The van der Waals surface area contributed by atoms with Gasteiger partial charge in [-0.05, 0) is 40.0 Å². The molecule has 0 fully saturated rings. The van der Waals surface area contributed by atoms with Crippen molar-refractivity contribution in [3.8, 4) is 0 Å². The topological polar surface area (TPSA) is 72.8 Å². The molecule has 0 aromatic rings. The molecule has 5 nitrogen and oxygen atoms in total. The molecule has 0 radical (unpaired) electrons. The Morgan fingerprint density at radius 3 is 2.47 bits per heavy atom. The summed E-state index contributed by atoms with van der Waals surface area (Å²) in [5.41, 5.74) is -0.184. The van der Waals surface area contributed by atoms with Crippen molar-refractivity contribution < 1.29 is 23.5 Å². The number of esters is 1. The summed E-state index contributed by atoms with van der Waals surface area (Å²) in [5, 5.41) is 0. The Hall–Kier alpha value is -0.770. The number of unbranched alkanes of at least 4 members (excludes halogenated alkanes) is 1. The molecule has 0 saturated carbocycles. The first-order valence-electron chi connectivity index (χ1n) is 5.42. The van der Waals surface area contributed by atoms with Crippen molar-refractivity contribution in [2.45, 2.75) is 45.6 Å². The molecule has 0 saturated heterocycles. The van der Waals surface area contributed by atoms with Crippen molar-refractivity contribution in [1.29, 1.82) is 0 Å². The van der Waals surface area contributed by atoms with E-state index in [4.69, 9.17) is 9.63 Å². The quantitative estimate of drug-likeness (QED) is 0.315. The van der Waals surface area contributed by atoms with E-state index in [1.165, 1.54) is 0 Å². The van der Waals surface area contributed by atoms with Crippen molar-refractivity contribution in [3.05, 3.63) is 12.2 Å². The van der Waals surface area contributed by atoms with Crippen molar-refractivity contribution in [1.82, 2.24) is 0 Å². The zero-order valence-electron chi connectivity index (χ0n) is 10.6. The van der Waals surface area contributed by atoms with Gasteiger partial charge in [0.2, 0.25) is 0 Å². The van der Waals surface area contributed by atoms with Gasteiger partial charge in [0.15, 0.2) is 0 Å². The minimum atomic E-state index is -2.51. The molecular formula is C11H20O5P+. The summed E-state index contributed by atoms with van der Waals surface area (Å²) in [7, 11) is -2.51. The normalized spacial score (nSPS) is 12.1. The lowest BCUT2D eigenvalue weighted by atomic mass is 10.0. The van der Waals surface area contributed by atoms with Gasteiger partial charge < -0.3 is 4.74 Å². The molecule has 0 aliphatic carbocycles. The lowest BCUT2D eigenvalue weighted by molar-refractivity contribution is -0.152. The van der Waals surface area contributed by atoms with E-state index < -0.39 is 19.8 Å². The van der Waals surface area contributed by atoms with E-state index in [2.05, 4.69) is 11.1 Å². The number of carbonyl (C=O) groups is 1. The van der Waals surface area contributed by atoms with Crippen LogP contribution in [0.3, 0.4) is 0 Å². The van der Waals surface area contributed by atoms with E-state index >= 15 is 0 Å². The van der Waals surface area contributed by atoms with Crippen LogP contribution in [0.25, 0.3) is 0 Å². The minimum absolute atomic E-state index is 0.232. The first-order valence-corrected chi connectivity index (χ1v) is 6.55. The van der Waals surface area contributed by atoms with Crippen molar-refractivity contribution in [2.24, 2.45) is 0 Å². The third kappa shape index (κ3) is 8.98. The highest BCUT2D eigenvalue weighted by atomic mass is 31.1. The van der Waals surface area contributed by atoms with Crippen LogP contribution in [0, 0.1) is 0 Å². The standard InChI is InChI=1S/C11H19O5P/c1-9(2)10(12)16-11(3,4)7-5-6-8-15-17(13)14/h1,5-8H2,2-4H3/p+1. The summed E-state index contributed by atoms with van der Waals surface area (Å²) < 4.78 is 20.0. The first kappa shape index (κ1) is 16.2. The van der Waals surface area contributed by atoms with Crippen LogP contribution in [0.15, 0.2) is 12.2 Å². The van der Waals surface area contributed by atoms with E-state index in [0.29, 0.717) is 18.4 Å². The van der Waals surface area contributed by atoms with Crippen molar-refractivity contribution in [2.75, 3.05) is 6.61 Å². The van der Waals surface area contributed by atoms with Crippen LogP contribution in [0.1, 0.15) is 40.0 Å². The average Bonchev–Trinajstić information content (AvgIpc) is 2.15. The summed E-state index contributed by atoms with van der Waals surface area (Å²) in [6.45, 7) is 8.99. The van der Waals surface area contributed by atoms with Crippen LogP contribution in [0.4, 0.5) is 0 Å². The maximum absolute atomic E-state index is 11.3. The predicted molar refractivity (Wildman–Crippen MR) is 64.6 cm³/mol. The summed E-state index contributed by atoms with van der Waals surface area (Å²) in [6.07, 6.45) is 2.06. The number of hydrogen-bond acceptors (Lipinski definition) is 4. The SMILES string of the molecule is C=C(C)C(=O)OC(C)(C)CCCCO[P+](=O)O. The fourth-order valence-electron chi connectivity index (χ4n) is 1.18. The maximum atomic E-state index is 11.3. The van der Waals surface area contributed by atoms with Crippen LogP contribution in [-0.4, -0.2) is 23.1 Å². The second-order valence-corrected chi connectivity index (χ2v) is 5.19. The predicted octanol–water partition coefficient (Wildman–Crippen LogP) is 2.72. The molecule has 0 aromatic heterocycles. The number of rotatable bonds is 8. The molecule has 0 bridgehead atoms. The lowest BCUT2D eigenvalue weighted by Gasteiger charge is -2.25. The monoisotopic (exact) mass is 263 g/mol. The van der Waals surface area contributed by atoms with Crippen LogP contribution in [-0.2, 0) is 18.6 Å². The van der Waals surface area contributed by atoms with E-state index in [1.807, 2.05) is 13.8 Å². The summed E-state index contributed by atoms with van der Waals surface area (Å²) >= 11 is 0. The second-order valence-electron chi connectivity index (χ2n) is 4.46. The van der Waals surface area contributed by atoms with Gasteiger partial charge >= 0.3 is 14.2 Å². The van der Waals surface area contributed by atoms with Gasteiger partial charge in [-0.3, -0.25) is 0 Å². The zero-order chi connectivity index (χ0) is 13.5. The molecule has 1 atom stereocenters. The van der Waals surface area contributed by atoms with Gasteiger partial charge in [-0.2, -0.15) is 0 Å². The molecule has 1 unspecified atom stereocenters. The fourth-order valence-corrected chi connectivity index (χ4v) is 1.47. The second kappa shape index (κ2) is 7.54. The van der Waals surface area contributed by atoms with Crippen LogP contribution >= 0.6 is 8.25 Å². The Bertz CT molecular complexity index is 298. The Kier molecular flexibility index (Phi) is 7.19. The molecular weight excluding hydrogens is 243 g/mol. The van der Waals surface area contributed by atoms with Crippen molar-refractivity contribution >= 4 is 14.2 Å². The molecule has 17 heavy (non-hydrogen) atoms. The molecule has 0 spiro atoms. The minimum Gasteiger partial charge on any atom is -0.456 e. The van der Waals surface area contributed by atoms with Gasteiger partial charge in [-0.25, -0.2) is 4.79 Å². The van der Waals surface area contributed by atoms with E-state index in [9.17, 15) is 9.36 Å². The Morgan fingerprint density at radius 1 is 1.41 bits per heavy atom. The van der Waals surface area contributed by atoms with E-state index in [-0.39, 0.29) is 6.61 Å². The Morgan fingerprint density at radius 2 is 2.00 bits per heavy atom. The molecule has 98 valence electrons. The maximum Gasteiger partial charge on any atom is 0.694 e. The summed E-state index contributed by atoms with van der Waals surface area (Å²) in [5.74, 6) is -0.398. The number of hydrogen-bond donors (Lipinski definition) is 1. The van der Waals surface area contributed by atoms with Gasteiger partial charge in [0.25, 0.3) is 0 Å². The molecule has 1 N–H and O–H groups in total. The molecule has 0 amide bonds. The molecule has 0 aliphatic heterocycles. The molecule has 0 aromatic carbocycles. The van der Waals surface area contributed by atoms with Gasteiger partial charge in [0, 0.05) is 10.1 Å². The molecule has 0 aliphatic rings. The molecule has 0 heterocycles. The highest BCUT2D eigenvalue weighted by Crippen LogP contribution is 2.21. The highest BCUT2D eigenvalue weighted by molar-refractivity contribution is 7.32. The Labute approximate surface area is 103 Å². The average molecular weight is 263 g/mol.